The third kappa shape index (κ3) is 7.27. The molecule has 0 radical (unpaired) electrons. The Morgan fingerprint density at radius 1 is 1.02 bits per heavy atom. The number of halogens is 2. The normalized spacial score (nSPS) is 17.5. The van der Waals surface area contributed by atoms with Gasteiger partial charge in [-0.05, 0) is 71.3 Å². The number of nitrogens with one attached hydrogen (secondary N) is 2. The summed E-state index contributed by atoms with van der Waals surface area (Å²) in [7, 11) is 1.58. The summed E-state index contributed by atoms with van der Waals surface area (Å²) in [6, 6.07) is 28.4. The van der Waals surface area contributed by atoms with Gasteiger partial charge in [0.1, 0.15) is 17.3 Å². The molecule has 0 aliphatic carbocycles. The quantitative estimate of drug-likeness (QED) is 0.126. The maximum Gasteiger partial charge on any atom is 0.266 e. The van der Waals surface area contributed by atoms with Crippen LogP contribution in [0.5, 0.6) is 11.5 Å². The lowest BCUT2D eigenvalue weighted by Crippen LogP contribution is -2.53. The van der Waals surface area contributed by atoms with Crippen molar-refractivity contribution >= 4 is 27.7 Å². The Kier molecular flexibility index (Phi) is 10.3. The summed E-state index contributed by atoms with van der Waals surface area (Å²) in [5, 5.41) is 9.05. The van der Waals surface area contributed by atoms with Crippen LogP contribution in [-0.2, 0) is 22.5 Å². The van der Waals surface area contributed by atoms with Crippen LogP contribution >= 0.6 is 15.9 Å². The van der Waals surface area contributed by atoms with Gasteiger partial charge in [-0.25, -0.2) is 14.8 Å². The number of carbonyl (C=O) groups excluding carboxylic acids is 1. The van der Waals surface area contributed by atoms with Gasteiger partial charge in [-0.1, -0.05) is 58.4 Å². The Balaban J connectivity index is 1.53. The van der Waals surface area contributed by atoms with Crippen LogP contribution in [0.1, 0.15) is 34.8 Å². The van der Waals surface area contributed by atoms with Crippen LogP contribution in [0.15, 0.2) is 107 Å². The topological polar surface area (TPSA) is 101 Å². The average Bonchev–Trinajstić information content (AvgIpc) is 3.44. The van der Waals surface area contributed by atoms with Crippen molar-refractivity contribution in [2.75, 3.05) is 20.3 Å². The minimum absolute atomic E-state index is 0.0504. The third-order valence-corrected chi connectivity index (χ3v) is 8.03. The zero-order valence-electron chi connectivity index (χ0n) is 24.1. The van der Waals surface area contributed by atoms with Gasteiger partial charge in [0.15, 0.2) is 11.6 Å². The summed E-state index contributed by atoms with van der Waals surface area (Å²) in [4.78, 5) is 19.4. The molecule has 0 bridgehead atoms. The number of methoxy groups -OCH3 is 1. The molecule has 1 amide bonds. The first kappa shape index (κ1) is 31.2. The van der Waals surface area contributed by atoms with Gasteiger partial charge in [0.25, 0.3) is 5.91 Å². The van der Waals surface area contributed by atoms with Gasteiger partial charge >= 0.3 is 0 Å². The van der Waals surface area contributed by atoms with E-state index in [1.807, 2.05) is 60.7 Å². The third-order valence-electron chi connectivity index (χ3n) is 7.25. The predicted octanol–water partition coefficient (Wildman–Crippen LogP) is 5.68. The van der Waals surface area contributed by atoms with E-state index in [0.29, 0.717) is 41.6 Å². The van der Waals surface area contributed by atoms with Crippen LogP contribution in [0.3, 0.4) is 0 Å². The number of hydrazine groups is 1. The summed E-state index contributed by atoms with van der Waals surface area (Å²) < 4.78 is 32.0. The standard InChI is InChI=1S/C34H33BrFN3O5/c1-42-29-8-4-7-25(20-29)31-34(21-26-6-2-3-9-30(26)35,33(41)39-37-22-23-10-14-27(36)15-11-23)38-32(44-31)24-12-16-28(17-13-24)43-19-5-18-40/h2-4,6-17,20,31,37,40H,5,18-19,21-22H2,1H3,(H,39,41)/t31-,34-/m0/s1. The lowest BCUT2D eigenvalue weighted by atomic mass is 9.82. The fourth-order valence-electron chi connectivity index (χ4n) is 4.96. The van der Waals surface area contributed by atoms with Crippen LogP contribution in [-0.4, -0.2) is 42.8 Å². The first-order valence-corrected chi connectivity index (χ1v) is 15.0. The number of nitrogens with zero attached hydrogens (tertiary/aromatic N) is 1. The molecule has 4 aromatic rings. The van der Waals surface area contributed by atoms with E-state index in [1.165, 1.54) is 12.1 Å². The lowest BCUT2D eigenvalue weighted by molar-refractivity contribution is -0.130. The van der Waals surface area contributed by atoms with E-state index in [4.69, 9.17) is 24.3 Å². The highest BCUT2D eigenvalue weighted by Crippen LogP contribution is 2.44. The van der Waals surface area contributed by atoms with Gasteiger partial charge in [0.05, 0.1) is 13.7 Å². The minimum Gasteiger partial charge on any atom is -0.497 e. The number of carbonyl (C=O) groups is 1. The Labute approximate surface area is 264 Å². The molecule has 0 fully saturated rings. The molecule has 5 rings (SSSR count). The van der Waals surface area contributed by atoms with Gasteiger partial charge in [-0.15, -0.1) is 0 Å². The van der Waals surface area contributed by atoms with E-state index in [1.54, 1.807) is 31.4 Å². The number of hydrogen-bond acceptors (Lipinski definition) is 7. The van der Waals surface area contributed by atoms with Crippen LogP contribution in [0.4, 0.5) is 4.39 Å². The molecular weight excluding hydrogens is 629 g/mol. The van der Waals surface area contributed by atoms with E-state index < -0.39 is 17.6 Å². The Morgan fingerprint density at radius 3 is 2.52 bits per heavy atom. The molecule has 3 N–H and O–H groups in total. The number of hydrogen-bond donors (Lipinski definition) is 3. The Bertz CT molecular complexity index is 1600. The first-order valence-electron chi connectivity index (χ1n) is 14.2. The number of amides is 1. The van der Waals surface area contributed by atoms with Crippen molar-refractivity contribution in [3.05, 3.63) is 130 Å². The van der Waals surface area contributed by atoms with Crippen LogP contribution in [0, 0.1) is 5.82 Å². The summed E-state index contributed by atoms with van der Waals surface area (Å²) in [6.45, 7) is 0.719. The maximum absolute atomic E-state index is 14.3. The van der Waals surface area contributed by atoms with E-state index in [0.717, 1.165) is 15.6 Å². The van der Waals surface area contributed by atoms with Crippen LogP contribution in [0.25, 0.3) is 0 Å². The van der Waals surface area contributed by atoms with E-state index >= 15 is 0 Å². The van der Waals surface area contributed by atoms with Crippen LogP contribution in [0.2, 0.25) is 0 Å². The second-order valence-corrected chi connectivity index (χ2v) is 11.1. The fraction of sp³-hybridized carbons (Fsp3) is 0.235. The van der Waals surface area contributed by atoms with Crippen molar-refractivity contribution in [1.29, 1.82) is 0 Å². The predicted molar refractivity (Wildman–Crippen MR) is 169 cm³/mol. The SMILES string of the molecule is COc1cccc([C@@H]2OC(c3ccc(OCCCO)cc3)=N[C@]2(Cc2ccccc2Br)C(=O)NNCc2ccc(F)cc2)c1. The molecule has 0 unspecified atom stereocenters. The molecule has 4 aromatic carbocycles. The zero-order valence-corrected chi connectivity index (χ0v) is 25.7. The Morgan fingerprint density at radius 2 is 1.80 bits per heavy atom. The van der Waals surface area contributed by atoms with Crippen molar-refractivity contribution in [2.24, 2.45) is 4.99 Å². The molecule has 0 spiro atoms. The summed E-state index contributed by atoms with van der Waals surface area (Å²) in [6.07, 6.45) is -0.0683. The number of aliphatic hydroxyl groups excluding tert-OH is 1. The molecule has 10 heteroatoms. The lowest BCUT2D eigenvalue weighted by Gasteiger charge is -2.31. The number of ether oxygens (including phenoxy) is 3. The molecule has 44 heavy (non-hydrogen) atoms. The van der Waals surface area contributed by atoms with Gasteiger partial charge in [-0.3, -0.25) is 10.2 Å². The van der Waals surface area contributed by atoms with E-state index in [2.05, 4.69) is 26.8 Å². The smallest absolute Gasteiger partial charge is 0.266 e. The number of benzene rings is 4. The molecule has 2 atom stereocenters. The zero-order chi connectivity index (χ0) is 30.9. The molecule has 228 valence electrons. The van der Waals surface area contributed by atoms with Crippen molar-refractivity contribution in [3.63, 3.8) is 0 Å². The van der Waals surface area contributed by atoms with E-state index in [9.17, 15) is 9.18 Å². The van der Waals surface area contributed by atoms with Gasteiger partial charge in [-0.2, -0.15) is 0 Å². The summed E-state index contributed by atoms with van der Waals surface area (Å²) >= 11 is 3.64. The molecule has 8 nitrogen and oxygen atoms in total. The Hall–Kier alpha value is -4.25. The average molecular weight is 663 g/mol. The largest absolute Gasteiger partial charge is 0.497 e. The van der Waals surface area contributed by atoms with Gasteiger partial charge < -0.3 is 19.3 Å². The highest BCUT2D eigenvalue weighted by molar-refractivity contribution is 9.10. The van der Waals surface area contributed by atoms with E-state index in [-0.39, 0.29) is 25.4 Å². The molecule has 0 saturated carbocycles. The van der Waals surface area contributed by atoms with Crippen molar-refractivity contribution in [3.8, 4) is 11.5 Å². The van der Waals surface area contributed by atoms with Gasteiger partial charge in [0.2, 0.25) is 5.90 Å². The highest BCUT2D eigenvalue weighted by atomic mass is 79.9. The molecule has 0 saturated heterocycles. The van der Waals surface area contributed by atoms with Crippen molar-refractivity contribution < 1.29 is 28.5 Å². The maximum atomic E-state index is 14.3. The molecule has 0 aromatic heterocycles. The number of aliphatic hydroxyl groups is 1. The second kappa shape index (κ2) is 14.5. The van der Waals surface area contributed by atoms with Gasteiger partial charge in [0, 0.05) is 36.0 Å². The van der Waals surface area contributed by atoms with Crippen molar-refractivity contribution in [2.45, 2.75) is 31.0 Å². The molecule has 1 aliphatic heterocycles. The number of rotatable bonds is 13. The molecule has 1 heterocycles. The number of aliphatic imine (C=N–C) groups is 1. The molecule has 1 aliphatic rings. The van der Waals surface area contributed by atoms with Crippen molar-refractivity contribution in [1.82, 2.24) is 10.9 Å². The summed E-state index contributed by atoms with van der Waals surface area (Å²) in [5.74, 6) is 0.838. The van der Waals surface area contributed by atoms with Crippen LogP contribution < -0.4 is 20.3 Å². The highest BCUT2D eigenvalue weighted by Gasteiger charge is 2.53. The second-order valence-electron chi connectivity index (χ2n) is 10.3. The first-order chi connectivity index (χ1) is 21.4. The summed E-state index contributed by atoms with van der Waals surface area (Å²) in [5.41, 5.74) is 7.46. The monoisotopic (exact) mass is 661 g/mol. The minimum atomic E-state index is -1.43. The molecular formula is C34H33BrFN3O5. The fourth-order valence-corrected chi connectivity index (χ4v) is 5.38.